The Morgan fingerprint density at radius 1 is 1.30 bits per heavy atom. The Bertz CT molecular complexity index is 659. The fraction of sp³-hybridized carbons (Fsp3) is 0.444. The molecule has 0 bridgehead atoms. The average molecular weight is 315 g/mol. The summed E-state index contributed by atoms with van der Waals surface area (Å²) < 4.78 is 1.84. The first-order valence-corrected chi connectivity index (χ1v) is 8.04. The maximum atomic E-state index is 12.8. The predicted octanol–water partition coefficient (Wildman–Crippen LogP) is 2.76. The van der Waals surface area contributed by atoms with Crippen molar-refractivity contribution in [3.63, 3.8) is 0 Å². The number of amides is 1. The van der Waals surface area contributed by atoms with Gasteiger partial charge in [0.2, 0.25) is 0 Å². The molecule has 1 aromatic heterocycles. The summed E-state index contributed by atoms with van der Waals surface area (Å²) in [5.41, 5.74) is 3.64. The van der Waals surface area contributed by atoms with Crippen LogP contribution in [0.5, 0.6) is 0 Å². The molecular weight excluding hydrogens is 290 g/mol. The summed E-state index contributed by atoms with van der Waals surface area (Å²) in [5.74, 6) is 0.0780. The number of benzene rings is 1. The first-order chi connectivity index (χ1) is 11.0. The van der Waals surface area contributed by atoms with Gasteiger partial charge in [-0.3, -0.25) is 4.79 Å². The van der Waals surface area contributed by atoms with Crippen molar-refractivity contribution >= 4 is 5.91 Å². The first-order valence-electron chi connectivity index (χ1n) is 8.04. The van der Waals surface area contributed by atoms with Crippen molar-refractivity contribution in [2.45, 2.75) is 33.6 Å². The molecule has 1 amide bonds. The van der Waals surface area contributed by atoms with Crippen molar-refractivity contribution in [1.29, 1.82) is 0 Å². The third-order valence-electron chi connectivity index (χ3n) is 3.90. The molecule has 0 aliphatic carbocycles. The van der Waals surface area contributed by atoms with Crippen LogP contribution in [0.4, 0.5) is 0 Å². The van der Waals surface area contributed by atoms with Crippen LogP contribution in [-0.4, -0.2) is 45.4 Å². The molecule has 5 nitrogen and oxygen atoms in total. The van der Waals surface area contributed by atoms with Crippen LogP contribution >= 0.6 is 0 Å². The van der Waals surface area contributed by atoms with Crippen molar-refractivity contribution in [3.05, 3.63) is 47.3 Å². The lowest BCUT2D eigenvalue weighted by Crippen LogP contribution is -2.33. The number of carbonyl (C=O) groups excluding carboxylic acids is 1. The molecule has 0 atom stereocenters. The summed E-state index contributed by atoms with van der Waals surface area (Å²) in [6.45, 7) is 8.92. The highest BCUT2D eigenvalue weighted by molar-refractivity contribution is 5.95. The summed E-state index contributed by atoms with van der Waals surface area (Å²) >= 11 is 0. The fourth-order valence-corrected chi connectivity index (χ4v) is 2.66. The Balaban J connectivity index is 2.46. The van der Waals surface area contributed by atoms with E-state index in [1.54, 1.807) is 11.1 Å². The average Bonchev–Trinajstić information content (AvgIpc) is 2.97. The lowest BCUT2D eigenvalue weighted by atomic mass is 10.0. The van der Waals surface area contributed by atoms with Gasteiger partial charge in [0.15, 0.2) is 0 Å². The lowest BCUT2D eigenvalue weighted by molar-refractivity contribution is 0.0730. The molecule has 124 valence electrons. The summed E-state index contributed by atoms with van der Waals surface area (Å²) in [6.07, 6.45) is 1.64. The van der Waals surface area contributed by atoms with Crippen molar-refractivity contribution in [3.8, 4) is 5.69 Å². The van der Waals surface area contributed by atoms with E-state index in [1.165, 1.54) is 5.56 Å². The Hall–Kier alpha value is -2.14. The molecule has 0 saturated heterocycles. The van der Waals surface area contributed by atoms with E-state index in [-0.39, 0.29) is 18.4 Å². The normalized spacial score (nSPS) is 11.0. The summed E-state index contributed by atoms with van der Waals surface area (Å²) in [5, 5.41) is 13.6. The van der Waals surface area contributed by atoms with E-state index < -0.39 is 0 Å². The van der Waals surface area contributed by atoms with Gasteiger partial charge in [0.1, 0.15) is 0 Å². The summed E-state index contributed by atoms with van der Waals surface area (Å²) in [4.78, 5) is 14.4. The van der Waals surface area contributed by atoms with Crippen molar-refractivity contribution in [2.24, 2.45) is 0 Å². The van der Waals surface area contributed by atoms with Crippen LogP contribution in [-0.2, 0) is 0 Å². The number of rotatable bonds is 6. The van der Waals surface area contributed by atoms with Crippen LogP contribution in [0.1, 0.15) is 48.3 Å². The molecular formula is C18H25N3O2. The maximum Gasteiger partial charge on any atom is 0.257 e. The minimum Gasteiger partial charge on any atom is -0.395 e. The molecule has 0 aliphatic rings. The second-order valence-corrected chi connectivity index (χ2v) is 5.95. The van der Waals surface area contributed by atoms with Crippen molar-refractivity contribution in [1.82, 2.24) is 14.7 Å². The number of hydrogen-bond donors (Lipinski definition) is 1. The number of carbonyl (C=O) groups is 1. The second kappa shape index (κ2) is 7.42. The van der Waals surface area contributed by atoms with E-state index in [4.69, 9.17) is 5.11 Å². The minimum atomic E-state index is -0.0800. The van der Waals surface area contributed by atoms with Gasteiger partial charge in [-0.1, -0.05) is 31.5 Å². The Morgan fingerprint density at radius 3 is 2.48 bits per heavy atom. The van der Waals surface area contributed by atoms with Crippen LogP contribution in [0.2, 0.25) is 0 Å². The molecule has 0 radical (unpaired) electrons. The van der Waals surface area contributed by atoms with Crippen molar-refractivity contribution < 1.29 is 9.90 Å². The fourth-order valence-electron chi connectivity index (χ4n) is 2.66. The van der Waals surface area contributed by atoms with Crippen LogP contribution in [0.15, 0.2) is 30.5 Å². The van der Waals surface area contributed by atoms with E-state index in [0.717, 1.165) is 11.4 Å². The second-order valence-electron chi connectivity index (χ2n) is 5.95. The molecule has 5 heteroatoms. The number of aliphatic hydroxyl groups excluding tert-OH is 1. The molecule has 2 rings (SSSR count). The van der Waals surface area contributed by atoms with Crippen molar-refractivity contribution in [2.75, 3.05) is 19.7 Å². The number of aromatic nitrogens is 2. The number of aryl methyl sites for hydroxylation is 1. The van der Waals surface area contributed by atoms with Crippen LogP contribution in [0.25, 0.3) is 5.69 Å². The molecule has 1 aromatic carbocycles. The monoisotopic (exact) mass is 315 g/mol. The Labute approximate surface area is 137 Å². The van der Waals surface area contributed by atoms with E-state index >= 15 is 0 Å². The summed E-state index contributed by atoms with van der Waals surface area (Å²) in [6, 6.07) is 8.08. The van der Waals surface area contributed by atoms with E-state index in [2.05, 4.69) is 18.9 Å². The SMILES string of the molecule is CCN(CCO)C(=O)c1cnn(-c2ccc(C)cc2)c1C(C)C. The van der Waals surface area contributed by atoms with Gasteiger partial charge in [-0.05, 0) is 31.9 Å². The number of aliphatic hydroxyl groups is 1. The van der Waals surface area contributed by atoms with Gasteiger partial charge in [0.25, 0.3) is 5.91 Å². The zero-order valence-corrected chi connectivity index (χ0v) is 14.3. The zero-order valence-electron chi connectivity index (χ0n) is 14.3. The topological polar surface area (TPSA) is 58.4 Å². The predicted molar refractivity (Wildman–Crippen MR) is 91.1 cm³/mol. The maximum absolute atomic E-state index is 12.8. The number of nitrogens with zero attached hydrogens (tertiary/aromatic N) is 3. The third-order valence-corrected chi connectivity index (χ3v) is 3.90. The van der Waals surface area contributed by atoms with Gasteiger partial charge < -0.3 is 10.0 Å². The molecule has 1 N–H and O–H groups in total. The molecule has 1 heterocycles. The first kappa shape index (κ1) is 17.2. The van der Waals surface area contributed by atoms with Crippen LogP contribution < -0.4 is 0 Å². The quantitative estimate of drug-likeness (QED) is 0.892. The van der Waals surface area contributed by atoms with Gasteiger partial charge in [-0.2, -0.15) is 5.10 Å². The molecule has 23 heavy (non-hydrogen) atoms. The van der Waals surface area contributed by atoms with E-state index in [1.807, 2.05) is 42.8 Å². The molecule has 2 aromatic rings. The van der Waals surface area contributed by atoms with Crippen LogP contribution in [0.3, 0.4) is 0 Å². The highest BCUT2D eigenvalue weighted by Gasteiger charge is 2.24. The Morgan fingerprint density at radius 2 is 1.96 bits per heavy atom. The molecule has 0 spiro atoms. The lowest BCUT2D eigenvalue weighted by Gasteiger charge is -2.21. The number of likely N-dealkylation sites (N-methyl/N-ethyl adjacent to an activating group) is 1. The van der Waals surface area contributed by atoms with E-state index in [0.29, 0.717) is 18.7 Å². The van der Waals surface area contributed by atoms with Gasteiger partial charge in [-0.25, -0.2) is 4.68 Å². The highest BCUT2D eigenvalue weighted by atomic mass is 16.3. The molecule has 0 aliphatic heterocycles. The standard InChI is InChI=1S/C18H25N3O2/c1-5-20(10-11-22)18(23)16-12-19-21(17(16)13(2)3)15-8-6-14(4)7-9-15/h6-9,12-13,22H,5,10-11H2,1-4H3. The molecule has 0 saturated carbocycles. The van der Waals surface area contributed by atoms with Gasteiger partial charge >= 0.3 is 0 Å². The summed E-state index contributed by atoms with van der Waals surface area (Å²) in [7, 11) is 0. The Kier molecular flexibility index (Phi) is 5.55. The molecule has 0 unspecified atom stereocenters. The zero-order chi connectivity index (χ0) is 17.0. The number of hydrogen-bond acceptors (Lipinski definition) is 3. The van der Waals surface area contributed by atoms with Gasteiger partial charge in [-0.15, -0.1) is 0 Å². The van der Waals surface area contributed by atoms with Gasteiger partial charge in [0.05, 0.1) is 29.7 Å². The third kappa shape index (κ3) is 3.62. The van der Waals surface area contributed by atoms with E-state index in [9.17, 15) is 4.79 Å². The largest absolute Gasteiger partial charge is 0.395 e. The molecule has 0 fully saturated rings. The minimum absolute atomic E-state index is 0.0390. The smallest absolute Gasteiger partial charge is 0.257 e. The van der Waals surface area contributed by atoms with Gasteiger partial charge in [0, 0.05) is 13.1 Å². The highest BCUT2D eigenvalue weighted by Crippen LogP contribution is 2.24. The van der Waals surface area contributed by atoms with Crippen LogP contribution in [0, 0.1) is 6.92 Å².